The van der Waals surface area contributed by atoms with Crippen molar-refractivity contribution in [1.82, 2.24) is 19.9 Å². The Morgan fingerprint density at radius 2 is 1.25 bits per heavy atom. The number of rotatable bonds is 12. The second-order valence-electron chi connectivity index (χ2n) is 10.7. The van der Waals surface area contributed by atoms with Gasteiger partial charge in [-0.2, -0.15) is 0 Å². The minimum atomic E-state index is -5.28. The molecule has 6 aromatic rings. The van der Waals surface area contributed by atoms with Crippen LogP contribution in [-0.4, -0.2) is 56.6 Å². The van der Waals surface area contributed by atoms with E-state index in [-0.39, 0.29) is 42.6 Å². The molecule has 55 heavy (non-hydrogen) atoms. The van der Waals surface area contributed by atoms with E-state index in [0.29, 0.717) is 16.5 Å². The number of sulfonamides is 2. The number of nitrogens with zero attached hydrogens (tertiary/aromatic N) is 4. The van der Waals surface area contributed by atoms with Crippen LogP contribution < -0.4 is 23.7 Å². The monoisotopic (exact) mass is 908 g/mol. The third-order valence-electron chi connectivity index (χ3n) is 6.92. The first-order chi connectivity index (χ1) is 25.8. The predicted octanol–water partition coefficient (Wildman–Crippen LogP) is 8.56. The fraction of sp³-hybridized carbons (Fsp3) is 0.0968. The van der Waals surface area contributed by atoms with Crippen molar-refractivity contribution in [3.05, 3.63) is 89.6 Å². The zero-order valence-corrected chi connectivity index (χ0v) is 31.9. The van der Waals surface area contributed by atoms with Gasteiger partial charge in [0.15, 0.2) is 0 Å². The molecular formula is C31H19BrF6N6O7S4. The zero-order chi connectivity index (χ0) is 39.8. The molecule has 288 valence electrons. The Hall–Kier alpha value is -5.04. The van der Waals surface area contributed by atoms with Crippen LogP contribution in [0, 0.1) is 0 Å². The molecule has 0 aliphatic carbocycles. The van der Waals surface area contributed by atoms with Crippen molar-refractivity contribution in [3.63, 3.8) is 0 Å². The second kappa shape index (κ2) is 15.2. The highest BCUT2D eigenvalue weighted by molar-refractivity contribution is 9.10. The van der Waals surface area contributed by atoms with Gasteiger partial charge in [0.2, 0.25) is 0 Å². The Balaban J connectivity index is 1.32. The van der Waals surface area contributed by atoms with Gasteiger partial charge in [-0.3, -0.25) is 24.4 Å². The van der Waals surface area contributed by atoms with Crippen LogP contribution >= 0.6 is 38.6 Å². The van der Waals surface area contributed by atoms with Gasteiger partial charge in [0.1, 0.15) is 32.0 Å². The predicted molar refractivity (Wildman–Crippen MR) is 192 cm³/mol. The van der Waals surface area contributed by atoms with Crippen LogP contribution in [0.4, 0.5) is 37.7 Å². The fourth-order valence-electron chi connectivity index (χ4n) is 4.76. The van der Waals surface area contributed by atoms with Crippen LogP contribution in [0.15, 0.2) is 99.4 Å². The van der Waals surface area contributed by atoms with Gasteiger partial charge < -0.3 is 14.2 Å². The van der Waals surface area contributed by atoms with Crippen molar-refractivity contribution in [3.8, 4) is 48.7 Å². The molecule has 24 heteroatoms. The number of anilines is 2. The van der Waals surface area contributed by atoms with E-state index in [1.165, 1.54) is 48.3 Å². The molecule has 13 nitrogen and oxygen atoms in total. The topological polar surface area (TPSA) is 172 Å². The van der Waals surface area contributed by atoms with Gasteiger partial charge in [0, 0.05) is 46.5 Å². The smallest absolute Gasteiger partial charge is 0.495 e. The van der Waals surface area contributed by atoms with E-state index < -0.39 is 54.1 Å². The Morgan fingerprint density at radius 1 is 0.673 bits per heavy atom. The molecule has 0 spiro atoms. The minimum Gasteiger partial charge on any atom is -0.495 e. The Kier molecular flexibility index (Phi) is 11.0. The lowest BCUT2D eigenvalue weighted by molar-refractivity contribution is -0.276. The maximum atomic E-state index is 13.7. The highest BCUT2D eigenvalue weighted by Gasteiger charge is 2.36. The molecule has 0 bridgehead atoms. The van der Waals surface area contributed by atoms with Crippen LogP contribution in [-0.2, 0) is 20.0 Å². The lowest BCUT2D eigenvalue weighted by Gasteiger charge is -2.17. The molecule has 2 aromatic carbocycles. The fourth-order valence-corrected chi connectivity index (χ4v) is 9.18. The summed E-state index contributed by atoms with van der Waals surface area (Å²) < 4.78 is 152. The van der Waals surface area contributed by atoms with E-state index in [1.807, 2.05) is 0 Å². The number of nitrogens with one attached hydrogen (secondary N) is 2. The van der Waals surface area contributed by atoms with Gasteiger partial charge in [0.25, 0.3) is 20.0 Å². The number of ether oxygens (including phenoxy) is 3. The third kappa shape index (κ3) is 9.62. The first kappa shape index (κ1) is 39.6. The van der Waals surface area contributed by atoms with Crippen molar-refractivity contribution < 1.29 is 57.4 Å². The normalized spacial score (nSPS) is 12.3. The number of pyridine rings is 2. The van der Waals surface area contributed by atoms with E-state index in [9.17, 15) is 43.2 Å². The number of hydrogen-bond acceptors (Lipinski definition) is 13. The van der Waals surface area contributed by atoms with Crippen molar-refractivity contribution in [1.29, 1.82) is 0 Å². The van der Waals surface area contributed by atoms with Crippen LogP contribution in [0.3, 0.4) is 0 Å². The average Bonchev–Trinajstić information content (AvgIpc) is 3.81. The summed E-state index contributed by atoms with van der Waals surface area (Å²) in [6.45, 7) is 0. The molecule has 0 amide bonds. The second-order valence-corrected chi connectivity index (χ2v) is 16.9. The molecule has 0 unspecified atom stereocenters. The van der Waals surface area contributed by atoms with E-state index in [0.717, 1.165) is 48.9 Å². The maximum absolute atomic E-state index is 13.7. The van der Waals surface area contributed by atoms with Crippen LogP contribution in [0.1, 0.15) is 0 Å². The highest BCUT2D eigenvalue weighted by atomic mass is 79.9. The van der Waals surface area contributed by atoms with Crippen LogP contribution in [0.2, 0.25) is 0 Å². The average molecular weight is 910 g/mol. The summed E-state index contributed by atoms with van der Waals surface area (Å²) in [6.07, 6.45) is -2.72. The number of thiazole rings is 2. The van der Waals surface area contributed by atoms with E-state index in [4.69, 9.17) is 4.74 Å². The van der Waals surface area contributed by atoms with E-state index in [2.05, 4.69) is 54.8 Å². The molecule has 2 N–H and O–H groups in total. The minimum absolute atomic E-state index is 0.00951. The van der Waals surface area contributed by atoms with Gasteiger partial charge in [-0.05, 0) is 36.4 Å². The summed E-state index contributed by atoms with van der Waals surface area (Å²) in [6, 6.07) is 7.18. The Bertz CT molecular complexity index is 2590. The molecule has 0 atom stereocenters. The molecule has 0 saturated heterocycles. The van der Waals surface area contributed by atoms with Crippen LogP contribution in [0.5, 0.6) is 17.2 Å². The lowest BCUT2D eigenvalue weighted by atomic mass is 10.2. The lowest BCUT2D eigenvalue weighted by Crippen LogP contribution is -2.21. The number of aromatic nitrogens is 4. The summed E-state index contributed by atoms with van der Waals surface area (Å²) >= 11 is 5.08. The van der Waals surface area contributed by atoms with Gasteiger partial charge >= 0.3 is 12.7 Å². The molecule has 4 aromatic heterocycles. The maximum Gasteiger partial charge on any atom is 0.573 e. The summed E-state index contributed by atoms with van der Waals surface area (Å²) in [5.41, 5.74) is 1.74. The quantitative estimate of drug-likeness (QED) is 0.113. The number of alkyl halides is 6. The van der Waals surface area contributed by atoms with E-state index in [1.54, 1.807) is 11.7 Å². The standard InChI is InChI=1S/C31H19BrF6N6O7S4/c1-49-24-7-21(23(51-31(36,37)38)8-28(24)55(47,48)44-19-4-16(9-39-11-19)25-13-41-15-52-25)29-42-14-26(53-29)17-5-20(12-40-10-17)43-54(45,46)27-6-18(32)2-3-22(27)50-30(33,34)35/h2-15,43-44H,1H3. The summed E-state index contributed by atoms with van der Waals surface area (Å²) in [5.74, 6) is -2.32. The Labute approximate surface area is 323 Å². The van der Waals surface area contributed by atoms with Crippen molar-refractivity contribution in [2.45, 2.75) is 22.5 Å². The number of hydrogen-bond donors (Lipinski definition) is 2. The number of methoxy groups -OCH3 is 1. The molecule has 0 aliphatic heterocycles. The SMILES string of the molecule is COc1cc(-c2ncc(-c3cncc(NS(=O)(=O)c4cc(Br)ccc4OC(F)(F)F)c3)s2)c(OC(F)(F)F)cc1S(=O)(=O)Nc1cncc(-c2cncs2)c1. The molecule has 6 rings (SSSR count). The van der Waals surface area contributed by atoms with Gasteiger partial charge in [0.05, 0.1) is 51.7 Å². The molecular weight excluding hydrogens is 891 g/mol. The van der Waals surface area contributed by atoms with Crippen molar-refractivity contribution >= 4 is 70.0 Å². The summed E-state index contributed by atoms with van der Waals surface area (Å²) in [4.78, 5) is 15.5. The Morgan fingerprint density at radius 3 is 1.82 bits per heavy atom. The molecule has 0 radical (unpaired) electrons. The molecule has 0 fully saturated rings. The van der Waals surface area contributed by atoms with E-state index >= 15 is 0 Å². The number of halogens is 7. The summed E-state index contributed by atoms with van der Waals surface area (Å²) in [7, 11) is -8.24. The zero-order valence-electron chi connectivity index (χ0n) is 27.0. The first-order valence-electron chi connectivity index (χ1n) is 14.6. The number of benzene rings is 2. The highest BCUT2D eigenvalue weighted by Crippen LogP contribution is 2.44. The third-order valence-corrected chi connectivity index (χ3v) is 12.1. The van der Waals surface area contributed by atoms with Gasteiger partial charge in [-0.25, -0.2) is 21.8 Å². The van der Waals surface area contributed by atoms with Crippen LogP contribution in [0.25, 0.3) is 31.5 Å². The largest absolute Gasteiger partial charge is 0.573 e. The summed E-state index contributed by atoms with van der Waals surface area (Å²) in [5, 5.41) is -0.111. The van der Waals surface area contributed by atoms with Gasteiger partial charge in [-0.1, -0.05) is 15.9 Å². The van der Waals surface area contributed by atoms with Crippen molar-refractivity contribution in [2.24, 2.45) is 0 Å². The van der Waals surface area contributed by atoms with Gasteiger partial charge in [-0.15, -0.1) is 49.0 Å². The van der Waals surface area contributed by atoms with Crippen molar-refractivity contribution in [2.75, 3.05) is 16.6 Å². The molecule has 0 saturated carbocycles. The first-order valence-corrected chi connectivity index (χ1v) is 20.1. The molecule has 4 heterocycles. The molecule has 0 aliphatic rings.